The van der Waals surface area contributed by atoms with E-state index in [1.165, 1.54) is 0 Å². The number of carbonyl (C=O) groups is 1. The Morgan fingerprint density at radius 1 is 1.41 bits per heavy atom. The fraction of sp³-hybridized carbons (Fsp3) is 0.214. The van der Waals surface area contributed by atoms with Gasteiger partial charge in [0.25, 0.3) is 0 Å². The highest BCUT2D eigenvalue weighted by Gasteiger charge is 2.13. The summed E-state index contributed by atoms with van der Waals surface area (Å²) in [5, 5.41) is 8.00. The highest BCUT2D eigenvalue weighted by molar-refractivity contribution is 5.86. The van der Waals surface area contributed by atoms with Gasteiger partial charge in [0.15, 0.2) is 0 Å². The van der Waals surface area contributed by atoms with Crippen molar-refractivity contribution >= 4 is 16.7 Å². The number of benzene rings is 2. The lowest BCUT2D eigenvalue weighted by Gasteiger charge is -2.08. The number of carboxylic acid groups (broad SMARTS) is 1. The van der Waals surface area contributed by atoms with Crippen LogP contribution >= 0.6 is 0 Å². The third-order valence-electron chi connectivity index (χ3n) is 1.92. The molecule has 0 aromatic heterocycles. The Morgan fingerprint density at radius 2 is 2.18 bits per heavy atom. The second-order valence-electron chi connectivity index (χ2n) is 2.99. The third kappa shape index (κ3) is 2.23. The molecule has 3 heteroatoms. The predicted octanol–water partition coefficient (Wildman–Crippen LogP) is 3.04. The van der Waals surface area contributed by atoms with Gasteiger partial charge in [-0.3, -0.25) is 4.79 Å². The molecule has 2 rings (SSSR count). The van der Waals surface area contributed by atoms with E-state index >= 15 is 0 Å². The largest absolute Gasteiger partial charge is 0.497 e. The van der Waals surface area contributed by atoms with Crippen molar-refractivity contribution in [2.45, 2.75) is 12.7 Å². The molecule has 0 aliphatic carbocycles. The van der Waals surface area contributed by atoms with Crippen LogP contribution in [0, 0.1) is 0 Å². The van der Waals surface area contributed by atoms with Crippen LogP contribution in [0.1, 0.15) is 36.1 Å². The summed E-state index contributed by atoms with van der Waals surface area (Å²) in [6.45, 7) is -3.58. The van der Waals surface area contributed by atoms with Gasteiger partial charge in [-0.15, -0.1) is 0 Å². The van der Waals surface area contributed by atoms with Crippen LogP contribution in [0.25, 0.3) is 10.8 Å². The summed E-state index contributed by atoms with van der Waals surface area (Å²) in [5.41, 5.74) is -1.20. The standard InChI is InChI=1S/C14H14O3/c1-9(14(15)16)10-3-4-12-8-13(17-2)6-5-11(12)7-10/h3-9H,1-2H3,(H,15,16)/i1D3,2D3,3D,4D,5D,6D,7D,8D,9D. The Bertz CT molecular complexity index is 1060. The molecule has 2 aromatic rings. The van der Waals surface area contributed by atoms with Crippen LogP contribution in [0.15, 0.2) is 36.3 Å². The number of hydrogen-bond donors (Lipinski definition) is 1. The zero-order chi connectivity index (χ0) is 23.6. The van der Waals surface area contributed by atoms with Crippen molar-refractivity contribution in [3.63, 3.8) is 0 Å². The third-order valence-corrected chi connectivity index (χ3v) is 1.92. The molecular formula is C14H14O3. The molecule has 0 spiro atoms. The monoisotopic (exact) mass is 243 g/mol. The number of fused-ring (bicyclic) bond motifs is 1. The molecule has 0 heterocycles. The normalized spacial score (nSPS) is 26.7. The Hall–Kier alpha value is -2.03. The van der Waals surface area contributed by atoms with Crippen molar-refractivity contribution < 1.29 is 32.5 Å². The van der Waals surface area contributed by atoms with Gasteiger partial charge in [-0.05, 0) is 35.3 Å². The fourth-order valence-electron chi connectivity index (χ4n) is 1.14. The number of carboxylic acids is 1. The van der Waals surface area contributed by atoms with E-state index in [1.807, 2.05) is 0 Å². The van der Waals surface area contributed by atoms with E-state index in [4.69, 9.17) is 17.8 Å². The van der Waals surface area contributed by atoms with Crippen LogP contribution in [0.5, 0.6) is 5.75 Å². The molecule has 0 amide bonds. The minimum Gasteiger partial charge on any atom is -0.497 e. The van der Waals surface area contributed by atoms with E-state index in [-0.39, 0.29) is 0 Å². The van der Waals surface area contributed by atoms with E-state index in [2.05, 4.69) is 4.74 Å². The zero-order valence-electron chi connectivity index (χ0n) is 21.3. The van der Waals surface area contributed by atoms with Gasteiger partial charge in [0.05, 0.1) is 25.3 Å². The lowest BCUT2D eigenvalue weighted by Crippen LogP contribution is -2.06. The summed E-state index contributed by atoms with van der Waals surface area (Å²) in [6.07, 6.45) is 0. The van der Waals surface area contributed by atoms with Gasteiger partial charge in [-0.25, -0.2) is 0 Å². The minimum absolute atomic E-state index is 0.674. The van der Waals surface area contributed by atoms with Crippen molar-refractivity contribution in [2.24, 2.45) is 0 Å². The van der Waals surface area contributed by atoms with Gasteiger partial charge in [0.1, 0.15) is 5.75 Å². The summed E-state index contributed by atoms with van der Waals surface area (Å²) in [4.78, 5) is 11.7. The first-order valence-electron chi connectivity index (χ1n) is 10.8. The van der Waals surface area contributed by atoms with Crippen molar-refractivity contribution in [1.29, 1.82) is 0 Å². The average molecular weight is 243 g/mol. The van der Waals surface area contributed by atoms with Crippen LogP contribution in [0.3, 0.4) is 0 Å². The van der Waals surface area contributed by atoms with Crippen LogP contribution in [0.4, 0.5) is 0 Å². The second kappa shape index (κ2) is 4.45. The van der Waals surface area contributed by atoms with Crippen LogP contribution in [-0.4, -0.2) is 18.1 Å². The molecule has 0 saturated carbocycles. The van der Waals surface area contributed by atoms with E-state index in [9.17, 15) is 9.90 Å². The molecule has 0 aliphatic heterocycles. The molecule has 1 unspecified atom stereocenters. The fourth-order valence-corrected chi connectivity index (χ4v) is 1.14. The van der Waals surface area contributed by atoms with Gasteiger partial charge < -0.3 is 9.84 Å². The minimum atomic E-state index is -3.58. The molecule has 1 N–H and O–H groups in total. The molecular weight excluding hydrogens is 216 g/mol. The molecule has 0 aliphatic rings. The van der Waals surface area contributed by atoms with Crippen molar-refractivity contribution in [2.75, 3.05) is 7.04 Å². The second-order valence-corrected chi connectivity index (χ2v) is 2.99. The maximum Gasteiger partial charge on any atom is 0.310 e. The molecule has 0 radical (unpaired) electrons. The maximum atomic E-state index is 11.7. The average Bonchev–Trinajstić information content (AvgIpc) is 2.57. The number of ether oxygens (including phenoxy) is 1. The first-order valence-corrected chi connectivity index (χ1v) is 4.34. The van der Waals surface area contributed by atoms with Gasteiger partial charge in [0, 0.05) is 5.48 Å². The summed E-state index contributed by atoms with van der Waals surface area (Å²) < 4.78 is 105. The summed E-state index contributed by atoms with van der Waals surface area (Å²) in [6, 6.07) is -6.11. The highest BCUT2D eigenvalue weighted by Crippen LogP contribution is 2.25. The van der Waals surface area contributed by atoms with E-state index in [1.54, 1.807) is 0 Å². The molecule has 0 saturated heterocycles. The Labute approximate surface area is 118 Å². The summed E-state index contributed by atoms with van der Waals surface area (Å²) >= 11 is 0. The van der Waals surface area contributed by atoms with Crippen molar-refractivity contribution in [3.8, 4) is 5.75 Å². The van der Waals surface area contributed by atoms with E-state index in [0.29, 0.717) is 0 Å². The van der Waals surface area contributed by atoms with Crippen LogP contribution in [0.2, 0.25) is 0 Å². The van der Waals surface area contributed by atoms with Crippen molar-refractivity contribution in [1.82, 2.24) is 0 Å². The SMILES string of the molecule is [2H]c1c(C([2H])(C(=O)O)C([2H])([2H])[2H])c([2H])c2c([2H])c([2H])c(OC([2H])([2H])[2H])c([2H])c2c1[2H]. The van der Waals surface area contributed by atoms with Crippen molar-refractivity contribution in [3.05, 3.63) is 41.8 Å². The number of aliphatic carboxylic acids is 1. The van der Waals surface area contributed by atoms with Gasteiger partial charge in [-0.2, -0.15) is 0 Å². The lowest BCUT2D eigenvalue weighted by atomic mass is 9.98. The number of rotatable bonds is 3. The van der Waals surface area contributed by atoms with E-state index < -0.39 is 84.1 Å². The lowest BCUT2D eigenvalue weighted by molar-refractivity contribution is -0.138. The molecule has 1 atom stereocenters. The molecule has 0 fully saturated rings. The zero-order valence-corrected chi connectivity index (χ0v) is 8.26. The first kappa shape index (κ1) is 3.48. The smallest absolute Gasteiger partial charge is 0.310 e. The van der Waals surface area contributed by atoms with Crippen LogP contribution in [-0.2, 0) is 4.79 Å². The van der Waals surface area contributed by atoms with E-state index in [0.717, 1.165) is 0 Å². The predicted molar refractivity (Wildman–Crippen MR) is 66.6 cm³/mol. The summed E-state index contributed by atoms with van der Waals surface area (Å²) in [7, 11) is -3.12. The molecule has 17 heavy (non-hydrogen) atoms. The Balaban J connectivity index is 3.14. The Morgan fingerprint density at radius 3 is 2.88 bits per heavy atom. The molecule has 0 bridgehead atoms. The molecule has 88 valence electrons. The summed E-state index contributed by atoms with van der Waals surface area (Å²) in [5.74, 6) is -6.69. The number of hydrogen-bond acceptors (Lipinski definition) is 2. The molecule has 2 aromatic carbocycles. The maximum absolute atomic E-state index is 11.7. The topological polar surface area (TPSA) is 46.5 Å². The highest BCUT2D eigenvalue weighted by atomic mass is 16.5. The van der Waals surface area contributed by atoms with Gasteiger partial charge in [0.2, 0.25) is 0 Å². The molecule has 3 nitrogen and oxygen atoms in total. The number of methoxy groups -OCH3 is 1. The Kier molecular flexibility index (Phi) is 0.912. The first-order chi connectivity index (χ1) is 13.4. The quantitative estimate of drug-likeness (QED) is 0.901. The van der Waals surface area contributed by atoms with Crippen LogP contribution < -0.4 is 4.74 Å². The van der Waals surface area contributed by atoms with Gasteiger partial charge >= 0.3 is 5.97 Å². The van der Waals surface area contributed by atoms with Gasteiger partial charge in [-0.1, -0.05) is 24.2 Å².